The van der Waals surface area contributed by atoms with Gasteiger partial charge in [0.15, 0.2) is 5.82 Å². The van der Waals surface area contributed by atoms with Crippen LogP contribution in [0.1, 0.15) is 50.1 Å². The summed E-state index contributed by atoms with van der Waals surface area (Å²) in [4.78, 5) is 24.7. The molecule has 3 aromatic heterocycles. The van der Waals surface area contributed by atoms with Crippen LogP contribution in [-0.2, 0) is 9.53 Å². The highest BCUT2D eigenvalue weighted by atomic mass is 16.5. The number of rotatable bonds is 6. The molecule has 3 N–H and O–H groups in total. The zero-order valence-corrected chi connectivity index (χ0v) is 18.0. The molecule has 10 heteroatoms. The summed E-state index contributed by atoms with van der Waals surface area (Å²) in [5, 5.41) is 14.1. The normalized spacial score (nSPS) is 21.9. The number of aromatic amines is 1. The van der Waals surface area contributed by atoms with Gasteiger partial charge in [0.2, 0.25) is 17.8 Å². The number of nitrogens with one attached hydrogen (secondary N) is 3. The van der Waals surface area contributed by atoms with Crippen molar-refractivity contribution in [3.05, 3.63) is 30.1 Å². The van der Waals surface area contributed by atoms with Gasteiger partial charge in [-0.15, -0.1) is 0 Å². The van der Waals surface area contributed by atoms with Crippen LogP contribution in [0.2, 0.25) is 0 Å². The van der Waals surface area contributed by atoms with E-state index in [1.165, 1.54) is 12.8 Å². The molecule has 2 saturated heterocycles. The quantitative estimate of drug-likeness (QED) is 0.544. The SMILES string of the molecule is O=C(NC1CCOCC1)[C@@H]1CCCN1c1nc(Nc2cc(C3CC3)[nH]n2)n2cccc2n1. The molecule has 0 unspecified atom stereocenters. The van der Waals surface area contributed by atoms with Crippen molar-refractivity contribution in [2.24, 2.45) is 0 Å². The Hall–Kier alpha value is -3.14. The van der Waals surface area contributed by atoms with E-state index in [-0.39, 0.29) is 18.0 Å². The highest BCUT2D eigenvalue weighted by molar-refractivity contribution is 5.85. The zero-order chi connectivity index (χ0) is 21.5. The van der Waals surface area contributed by atoms with Crippen LogP contribution < -0.4 is 15.5 Å². The highest BCUT2D eigenvalue weighted by Crippen LogP contribution is 2.39. The third-order valence-corrected chi connectivity index (χ3v) is 6.61. The minimum atomic E-state index is -0.255. The standard InChI is InChI=1S/C22H28N8O2/c31-20(23-15-7-11-32-12-8-15)17-3-1-9-29(17)22-25-19-4-2-10-30(19)21(26-22)24-18-13-16(27-28-18)14-5-6-14/h2,4,10,13-15,17H,1,3,5-9,11-12H2,(H,23,31)(H2,24,25,26,27,28)/t17-/m0/s1. The number of carbonyl (C=O) groups is 1. The number of ether oxygens (including phenoxy) is 1. The van der Waals surface area contributed by atoms with Gasteiger partial charge in [-0.25, -0.2) is 0 Å². The fourth-order valence-corrected chi connectivity index (χ4v) is 4.67. The van der Waals surface area contributed by atoms with E-state index in [1.807, 2.05) is 27.6 Å². The van der Waals surface area contributed by atoms with Crippen LogP contribution in [0.25, 0.3) is 5.65 Å². The predicted molar refractivity (Wildman–Crippen MR) is 119 cm³/mol. The van der Waals surface area contributed by atoms with Crippen molar-refractivity contribution in [2.45, 2.75) is 56.5 Å². The number of nitrogens with zero attached hydrogens (tertiary/aromatic N) is 5. The van der Waals surface area contributed by atoms with E-state index in [4.69, 9.17) is 14.7 Å². The first-order chi connectivity index (χ1) is 15.7. The molecule has 32 heavy (non-hydrogen) atoms. The lowest BCUT2D eigenvalue weighted by molar-refractivity contribution is -0.123. The topological polar surface area (TPSA) is 112 Å². The van der Waals surface area contributed by atoms with E-state index < -0.39 is 0 Å². The van der Waals surface area contributed by atoms with Gasteiger partial charge >= 0.3 is 0 Å². The fraction of sp³-hybridized carbons (Fsp3) is 0.545. The fourth-order valence-electron chi connectivity index (χ4n) is 4.67. The molecule has 3 aliphatic rings. The second kappa shape index (κ2) is 8.09. The van der Waals surface area contributed by atoms with Gasteiger partial charge in [0.25, 0.3) is 0 Å². The Bertz CT molecular complexity index is 1110. The summed E-state index contributed by atoms with van der Waals surface area (Å²) < 4.78 is 7.32. The lowest BCUT2D eigenvalue weighted by Crippen LogP contribution is -2.49. The summed E-state index contributed by atoms with van der Waals surface area (Å²) >= 11 is 0. The Morgan fingerprint density at radius 1 is 1.16 bits per heavy atom. The summed E-state index contributed by atoms with van der Waals surface area (Å²) in [5.41, 5.74) is 1.95. The van der Waals surface area contributed by atoms with E-state index in [0.717, 1.165) is 49.4 Å². The molecule has 10 nitrogen and oxygen atoms in total. The maximum Gasteiger partial charge on any atom is 0.243 e. The number of anilines is 3. The molecule has 5 heterocycles. The summed E-state index contributed by atoms with van der Waals surface area (Å²) in [6, 6.07) is 5.87. The van der Waals surface area contributed by atoms with Crippen LogP contribution in [0.3, 0.4) is 0 Å². The number of amides is 1. The Balaban J connectivity index is 1.25. The number of hydrogen-bond acceptors (Lipinski definition) is 7. The zero-order valence-electron chi connectivity index (χ0n) is 18.0. The number of carbonyl (C=O) groups excluding carboxylic acids is 1. The van der Waals surface area contributed by atoms with Crippen LogP contribution in [0.5, 0.6) is 0 Å². The second-order valence-corrected chi connectivity index (χ2v) is 8.94. The summed E-state index contributed by atoms with van der Waals surface area (Å²) in [5.74, 6) is 2.61. The Morgan fingerprint density at radius 2 is 2.03 bits per heavy atom. The minimum absolute atomic E-state index is 0.0594. The predicted octanol–water partition coefficient (Wildman–Crippen LogP) is 2.34. The number of aromatic nitrogens is 5. The molecule has 1 atom stereocenters. The molecule has 1 saturated carbocycles. The van der Waals surface area contributed by atoms with E-state index in [2.05, 4.69) is 26.9 Å². The smallest absolute Gasteiger partial charge is 0.243 e. The first-order valence-electron chi connectivity index (χ1n) is 11.6. The molecule has 0 spiro atoms. The van der Waals surface area contributed by atoms with Gasteiger partial charge in [-0.05, 0) is 50.7 Å². The monoisotopic (exact) mass is 436 g/mol. The molecular weight excluding hydrogens is 408 g/mol. The van der Waals surface area contributed by atoms with Crippen molar-refractivity contribution in [3.8, 4) is 0 Å². The van der Waals surface area contributed by atoms with Crippen LogP contribution in [0, 0.1) is 0 Å². The van der Waals surface area contributed by atoms with E-state index in [0.29, 0.717) is 31.0 Å². The van der Waals surface area contributed by atoms with E-state index >= 15 is 0 Å². The molecule has 3 fully saturated rings. The Kier molecular flexibility index (Phi) is 4.94. The molecule has 0 bridgehead atoms. The molecular formula is C22H28N8O2. The molecule has 0 radical (unpaired) electrons. The van der Waals surface area contributed by atoms with Crippen LogP contribution in [0.4, 0.5) is 17.7 Å². The largest absolute Gasteiger partial charge is 0.381 e. The number of hydrogen-bond donors (Lipinski definition) is 3. The molecule has 2 aliphatic heterocycles. The van der Waals surface area contributed by atoms with Crippen LogP contribution in [0.15, 0.2) is 24.4 Å². The van der Waals surface area contributed by atoms with Crippen molar-refractivity contribution < 1.29 is 9.53 Å². The number of H-pyrrole nitrogens is 1. The van der Waals surface area contributed by atoms with Crippen molar-refractivity contribution >= 4 is 29.3 Å². The van der Waals surface area contributed by atoms with E-state index in [9.17, 15) is 4.79 Å². The first-order valence-corrected chi connectivity index (χ1v) is 11.6. The van der Waals surface area contributed by atoms with Gasteiger partial charge in [0.1, 0.15) is 11.7 Å². The lowest BCUT2D eigenvalue weighted by atomic mass is 10.1. The maximum atomic E-state index is 13.1. The van der Waals surface area contributed by atoms with Gasteiger partial charge in [0, 0.05) is 49.7 Å². The van der Waals surface area contributed by atoms with Gasteiger partial charge in [-0.1, -0.05) is 0 Å². The third kappa shape index (κ3) is 3.79. The lowest BCUT2D eigenvalue weighted by Gasteiger charge is -2.28. The van der Waals surface area contributed by atoms with Crippen LogP contribution >= 0.6 is 0 Å². The van der Waals surface area contributed by atoms with Crippen molar-refractivity contribution in [2.75, 3.05) is 30.0 Å². The average Bonchev–Trinajstić information content (AvgIpc) is 3.20. The van der Waals surface area contributed by atoms with Crippen molar-refractivity contribution in [1.82, 2.24) is 29.9 Å². The summed E-state index contributed by atoms with van der Waals surface area (Å²) in [6.45, 7) is 2.17. The molecule has 6 rings (SSSR count). The van der Waals surface area contributed by atoms with Gasteiger partial charge < -0.3 is 20.3 Å². The number of fused-ring (bicyclic) bond motifs is 1. The first kappa shape index (κ1) is 19.5. The van der Waals surface area contributed by atoms with Gasteiger partial charge in [-0.2, -0.15) is 15.1 Å². The molecule has 168 valence electrons. The Labute approximate surface area is 185 Å². The molecule has 1 aliphatic carbocycles. The van der Waals surface area contributed by atoms with Crippen molar-refractivity contribution in [1.29, 1.82) is 0 Å². The molecule has 3 aromatic rings. The third-order valence-electron chi connectivity index (χ3n) is 6.61. The second-order valence-electron chi connectivity index (χ2n) is 8.94. The van der Waals surface area contributed by atoms with Crippen molar-refractivity contribution in [3.63, 3.8) is 0 Å². The maximum absolute atomic E-state index is 13.1. The average molecular weight is 437 g/mol. The summed E-state index contributed by atoms with van der Waals surface area (Å²) in [7, 11) is 0. The minimum Gasteiger partial charge on any atom is -0.381 e. The van der Waals surface area contributed by atoms with Crippen LogP contribution in [-0.4, -0.2) is 62.3 Å². The Morgan fingerprint density at radius 3 is 2.88 bits per heavy atom. The van der Waals surface area contributed by atoms with Gasteiger partial charge in [0.05, 0.1) is 0 Å². The highest BCUT2D eigenvalue weighted by Gasteiger charge is 2.34. The van der Waals surface area contributed by atoms with E-state index in [1.54, 1.807) is 0 Å². The summed E-state index contributed by atoms with van der Waals surface area (Å²) in [6.07, 6.45) is 7.83. The molecule has 0 aromatic carbocycles. The molecule has 1 amide bonds. The van der Waals surface area contributed by atoms with Gasteiger partial charge in [-0.3, -0.25) is 14.3 Å².